The number of carbonyl (C=O) groups is 3. The molecule has 0 aliphatic carbocycles. The third-order valence-corrected chi connectivity index (χ3v) is 4.69. The molecule has 1 fully saturated rings. The number of anilines is 1. The van der Waals surface area contributed by atoms with Crippen LogP contribution in [0.15, 0.2) is 18.2 Å². The van der Waals surface area contributed by atoms with Crippen LogP contribution in [-0.4, -0.2) is 64.8 Å². The minimum Gasteiger partial charge on any atom is -0.444 e. The fraction of sp³-hybridized carbons (Fsp3) is 0.609. The fourth-order valence-electron chi connectivity index (χ4n) is 3.26. The van der Waals surface area contributed by atoms with Gasteiger partial charge in [0.1, 0.15) is 17.2 Å². The van der Waals surface area contributed by atoms with Gasteiger partial charge in [0, 0.05) is 18.8 Å². The summed E-state index contributed by atoms with van der Waals surface area (Å²) >= 11 is 0. The summed E-state index contributed by atoms with van der Waals surface area (Å²) in [5.41, 5.74) is 1.17. The van der Waals surface area contributed by atoms with Crippen molar-refractivity contribution in [1.82, 2.24) is 9.80 Å². The predicted octanol–water partition coefficient (Wildman–Crippen LogP) is 4.10. The van der Waals surface area contributed by atoms with Crippen LogP contribution in [0.1, 0.15) is 52.7 Å². The van der Waals surface area contributed by atoms with Crippen LogP contribution in [0.2, 0.25) is 0 Å². The van der Waals surface area contributed by atoms with E-state index >= 15 is 0 Å². The van der Waals surface area contributed by atoms with Crippen molar-refractivity contribution in [3.63, 3.8) is 0 Å². The first kappa shape index (κ1) is 24.5. The van der Waals surface area contributed by atoms with Crippen LogP contribution < -0.4 is 5.32 Å². The number of nitrogens with zero attached hydrogens (tertiary/aromatic N) is 2. The van der Waals surface area contributed by atoms with Gasteiger partial charge in [-0.15, -0.1) is 0 Å². The highest BCUT2D eigenvalue weighted by Gasteiger charge is 2.40. The number of aryl methyl sites for hydroxylation is 2. The molecule has 1 unspecified atom stereocenters. The Morgan fingerprint density at radius 1 is 0.903 bits per heavy atom. The molecular weight excluding hydrogens is 398 g/mol. The lowest BCUT2D eigenvalue weighted by Crippen LogP contribution is -2.61. The molecule has 1 saturated heterocycles. The number of ether oxygens (including phenoxy) is 2. The second-order valence-electron chi connectivity index (χ2n) is 9.87. The SMILES string of the molecule is Cc1cccc(C)c1NC(=O)C1CN(C(=O)OC(C)(C)C)CCN1C(=O)OC(C)(C)C. The van der Waals surface area contributed by atoms with E-state index in [1.165, 1.54) is 9.80 Å². The summed E-state index contributed by atoms with van der Waals surface area (Å²) in [6.45, 7) is 14.9. The smallest absolute Gasteiger partial charge is 0.411 e. The number of benzene rings is 1. The second-order valence-corrected chi connectivity index (χ2v) is 9.87. The molecule has 0 saturated carbocycles. The zero-order valence-corrected chi connectivity index (χ0v) is 19.9. The molecule has 0 bridgehead atoms. The van der Waals surface area contributed by atoms with Crippen LogP contribution in [0, 0.1) is 13.8 Å². The maximum Gasteiger partial charge on any atom is 0.411 e. The Morgan fingerprint density at radius 2 is 1.42 bits per heavy atom. The van der Waals surface area contributed by atoms with Crippen molar-refractivity contribution in [2.45, 2.75) is 72.6 Å². The Hall–Kier alpha value is -2.77. The minimum absolute atomic E-state index is 0.0188. The average Bonchev–Trinajstić information content (AvgIpc) is 2.61. The molecule has 1 N–H and O–H groups in total. The molecule has 1 heterocycles. The van der Waals surface area contributed by atoms with Crippen molar-refractivity contribution in [3.05, 3.63) is 29.3 Å². The quantitative estimate of drug-likeness (QED) is 0.759. The predicted molar refractivity (Wildman–Crippen MR) is 119 cm³/mol. The van der Waals surface area contributed by atoms with E-state index in [-0.39, 0.29) is 25.5 Å². The Balaban J connectivity index is 2.27. The van der Waals surface area contributed by atoms with Gasteiger partial charge in [-0.2, -0.15) is 0 Å². The van der Waals surface area contributed by atoms with Crippen LogP contribution in [0.4, 0.5) is 15.3 Å². The summed E-state index contributed by atoms with van der Waals surface area (Å²) in [7, 11) is 0. The lowest BCUT2D eigenvalue weighted by Gasteiger charge is -2.41. The van der Waals surface area contributed by atoms with Crippen molar-refractivity contribution in [3.8, 4) is 0 Å². The summed E-state index contributed by atoms with van der Waals surface area (Å²) in [5, 5.41) is 2.94. The van der Waals surface area contributed by atoms with Gasteiger partial charge in [0.15, 0.2) is 0 Å². The molecule has 1 aliphatic rings. The van der Waals surface area contributed by atoms with Crippen LogP contribution in [-0.2, 0) is 14.3 Å². The lowest BCUT2D eigenvalue weighted by atomic mass is 10.1. The third-order valence-electron chi connectivity index (χ3n) is 4.69. The normalized spacial score (nSPS) is 17.2. The van der Waals surface area contributed by atoms with E-state index in [0.29, 0.717) is 5.69 Å². The summed E-state index contributed by atoms with van der Waals surface area (Å²) in [4.78, 5) is 41.5. The Morgan fingerprint density at radius 3 is 1.94 bits per heavy atom. The highest BCUT2D eigenvalue weighted by atomic mass is 16.6. The Bertz CT molecular complexity index is 818. The van der Waals surface area contributed by atoms with Crippen LogP contribution >= 0.6 is 0 Å². The minimum atomic E-state index is -0.907. The summed E-state index contributed by atoms with van der Waals surface area (Å²) in [6, 6.07) is 4.82. The van der Waals surface area contributed by atoms with Crippen LogP contribution in [0.25, 0.3) is 0 Å². The first-order valence-electron chi connectivity index (χ1n) is 10.5. The monoisotopic (exact) mass is 433 g/mol. The molecule has 8 nitrogen and oxygen atoms in total. The highest BCUT2D eigenvalue weighted by molar-refractivity contribution is 5.98. The molecule has 172 valence electrons. The number of hydrogen-bond acceptors (Lipinski definition) is 5. The van der Waals surface area contributed by atoms with E-state index in [9.17, 15) is 14.4 Å². The standard InChI is InChI=1S/C23H35N3O5/c1-15-10-9-11-16(2)18(15)24-19(27)17-14-25(20(28)30-22(3,4)5)12-13-26(17)21(29)31-23(6,7)8/h9-11,17H,12-14H2,1-8H3,(H,24,27). The van der Waals surface area contributed by atoms with E-state index in [4.69, 9.17) is 9.47 Å². The molecule has 1 atom stereocenters. The van der Waals surface area contributed by atoms with Gasteiger partial charge in [0.05, 0.1) is 6.54 Å². The highest BCUT2D eigenvalue weighted by Crippen LogP contribution is 2.23. The van der Waals surface area contributed by atoms with Gasteiger partial charge in [0.25, 0.3) is 0 Å². The molecule has 0 aromatic heterocycles. The maximum absolute atomic E-state index is 13.3. The molecule has 0 spiro atoms. The third kappa shape index (κ3) is 6.87. The van der Waals surface area contributed by atoms with Gasteiger partial charge in [0.2, 0.25) is 5.91 Å². The summed E-state index contributed by atoms with van der Waals surface area (Å²) < 4.78 is 11.0. The zero-order chi connectivity index (χ0) is 23.6. The van der Waals surface area contributed by atoms with Gasteiger partial charge in [-0.3, -0.25) is 9.69 Å². The number of carbonyl (C=O) groups excluding carboxylic acids is 3. The molecule has 1 aromatic carbocycles. The van der Waals surface area contributed by atoms with Crippen LogP contribution in [0.5, 0.6) is 0 Å². The molecular formula is C23H35N3O5. The van der Waals surface area contributed by atoms with Gasteiger partial charge in [-0.05, 0) is 66.5 Å². The Kier molecular flexibility index (Phi) is 7.24. The number of piperazine rings is 1. The lowest BCUT2D eigenvalue weighted by molar-refractivity contribution is -0.123. The summed E-state index contributed by atoms with van der Waals surface area (Å²) in [6.07, 6.45) is -1.10. The second kappa shape index (κ2) is 9.16. The topological polar surface area (TPSA) is 88.2 Å². The van der Waals surface area contributed by atoms with E-state index in [1.807, 2.05) is 32.0 Å². The molecule has 8 heteroatoms. The number of nitrogens with one attached hydrogen (secondary N) is 1. The number of para-hydroxylation sites is 1. The van der Waals surface area contributed by atoms with Gasteiger partial charge in [-0.1, -0.05) is 18.2 Å². The molecule has 1 aromatic rings. The molecule has 1 aliphatic heterocycles. The van der Waals surface area contributed by atoms with Gasteiger partial charge < -0.3 is 19.7 Å². The fourth-order valence-corrected chi connectivity index (χ4v) is 3.26. The number of amides is 3. The van der Waals surface area contributed by atoms with Crippen molar-refractivity contribution >= 4 is 23.8 Å². The van der Waals surface area contributed by atoms with Crippen molar-refractivity contribution in [1.29, 1.82) is 0 Å². The largest absolute Gasteiger partial charge is 0.444 e. The van der Waals surface area contributed by atoms with Crippen LogP contribution in [0.3, 0.4) is 0 Å². The van der Waals surface area contributed by atoms with Gasteiger partial charge in [-0.25, -0.2) is 9.59 Å². The first-order chi connectivity index (χ1) is 14.2. The molecule has 31 heavy (non-hydrogen) atoms. The van der Waals surface area contributed by atoms with Crippen molar-refractivity contribution in [2.24, 2.45) is 0 Å². The summed E-state index contributed by atoms with van der Waals surface area (Å²) in [5.74, 6) is -0.378. The number of rotatable bonds is 2. The van der Waals surface area contributed by atoms with E-state index in [2.05, 4.69) is 5.32 Å². The van der Waals surface area contributed by atoms with E-state index < -0.39 is 29.4 Å². The maximum atomic E-state index is 13.3. The van der Waals surface area contributed by atoms with Crippen molar-refractivity contribution in [2.75, 3.05) is 25.0 Å². The molecule has 0 radical (unpaired) electrons. The number of hydrogen-bond donors (Lipinski definition) is 1. The van der Waals surface area contributed by atoms with Crippen molar-refractivity contribution < 1.29 is 23.9 Å². The molecule has 2 rings (SSSR count). The zero-order valence-electron chi connectivity index (χ0n) is 19.9. The first-order valence-corrected chi connectivity index (χ1v) is 10.5. The molecule has 3 amide bonds. The average molecular weight is 434 g/mol. The van der Waals surface area contributed by atoms with E-state index in [1.54, 1.807) is 41.5 Å². The van der Waals surface area contributed by atoms with Gasteiger partial charge >= 0.3 is 12.2 Å². The Labute approximate surface area is 184 Å². The van der Waals surface area contributed by atoms with E-state index in [0.717, 1.165) is 11.1 Å².